The maximum Gasteiger partial charge on any atom is 0.231 e. The molecule has 0 radical (unpaired) electrons. The Kier molecular flexibility index (Phi) is 3.12. The predicted molar refractivity (Wildman–Crippen MR) is 72.8 cm³/mol. The largest absolute Gasteiger partial charge is 0.438 e. The summed E-state index contributed by atoms with van der Waals surface area (Å²) < 4.78 is 5.72. The number of fused-ring (bicyclic) bond motifs is 1. The number of furan rings is 1. The molecule has 19 heavy (non-hydrogen) atoms. The first-order chi connectivity index (χ1) is 9.38. The Hall–Kier alpha value is -2.40. The van der Waals surface area contributed by atoms with E-state index in [-0.39, 0.29) is 6.61 Å². The van der Waals surface area contributed by atoms with Crippen molar-refractivity contribution < 1.29 is 9.52 Å². The van der Waals surface area contributed by atoms with Crippen LogP contribution in [0.25, 0.3) is 22.4 Å². The summed E-state index contributed by atoms with van der Waals surface area (Å²) >= 11 is 0. The van der Waals surface area contributed by atoms with Gasteiger partial charge in [0.1, 0.15) is 17.9 Å². The van der Waals surface area contributed by atoms with Crippen LogP contribution in [0, 0.1) is 0 Å². The number of aromatic nitrogens is 2. The number of nitrogens with zero attached hydrogens (tertiary/aromatic N) is 2. The van der Waals surface area contributed by atoms with Crippen LogP contribution in [-0.2, 0) is 0 Å². The minimum atomic E-state index is 0.0505. The normalized spacial score (nSPS) is 10.8. The Morgan fingerprint density at radius 3 is 2.79 bits per heavy atom. The number of aliphatic hydroxyl groups is 1. The zero-order valence-electron chi connectivity index (χ0n) is 10.2. The minimum absolute atomic E-state index is 0.0505. The lowest BCUT2D eigenvalue weighted by Gasteiger charge is -2.02. The third-order valence-corrected chi connectivity index (χ3v) is 2.79. The quantitative estimate of drug-likeness (QED) is 0.748. The minimum Gasteiger partial charge on any atom is -0.438 e. The van der Waals surface area contributed by atoms with Gasteiger partial charge in [-0.15, -0.1) is 0 Å². The summed E-state index contributed by atoms with van der Waals surface area (Å²) in [5.74, 6) is 1.42. The summed E-state index contributed by atoms with van der Waals surface area (Å²) in [7, 11) is 0. The molecule has 0 saturated carbocycles. The molecule has 1 aromatic carbocycles. The van der Waals surface area contributed by atoms with E-state index in [4.69, 9.17) is 9.52 Å². The molecule has 0 aliphatic rings. The van der Waals surface area contributed by atoms with E-state index < -0.39 is 0 Å². The summed E-state index contributed by atoms with van der Waals surface area (Å²) in [6, 6.07) is 11.7. The van der Waals surface area contributed by atoms with Crippen molar-refractivity contribution in [1.82, 2.24) is 9.97 Å². The van der Waals surface area contributed by atoms with Crippen LogP contribution in [0.3, 0.4) is 0 Å². The average Bonchev–Trinajstić information content (AvgIpc) is 2.90. The first kappa shape index (κ1) is 11.7. The lowest BCUT2D eigenvalue weighted by molar-refractivity contribution is 0.311. The summed E-state index contributed by atoms with van der Waals surface area (Å²) in [5.41, 5.74) is 1.53. The second-order valence-electron chi connectivity index (χ2n) is 4.07. The van der Waals surface area contributed by atoms with Gasteiger partial charge in [0.15, 0.2) is 0 Å². The second kappa shape index (κ2) is 5.07. The van der Waals surface area contributed by atoms with Crippen molar-refractivity contribution in [2.45, 2.75) is 0 Å². The van der Waals surface area contributed by atoms with Crippen LogP contribution in [0.4, 0.5) is 5.82 Å². The number of hydrogen-bond acceptors (Lipinski definition) is 5. The van der Waals surface area contributed by atoms with Gasteiger partial charge in [-0.25, -0.2) is 9.97 Å². The molecule has 0 bridgehead atoms. The molecule has 0 fully saturated rings. The highest BCUT2D eigenvalue weighted by atomic mass is 16.3. The maximum absolute atomic E-state index is 8.85. The van der Waals surface area contributed by atoms with Crippen molar-refractivity contribution in [2.24, 2.45) is 0 Å². The highest BCUT2D eigenvalue weighted by molar-refractivity contribution is 5.89. The third-order valence-electron chi connectivity index (χ3n) is 2.79. The number of hydrogen-bond donors (Lipinski definition) is 2. The Labute approximate surface area is 109 Å². The van der Waals surface area contributed by atoms with Crippen molar-refractivity contribution >= 4 is 16.9 Å². The molecule has 2 heterocycles. The number of rotatable bonds is 4. The van der Waals surface area contributed by atoms with Crippen LogP contribution in [0.15, 0.2) is 47.1 Å². The van der Waals surface area contributed by atoms with Crippen LogP contribution in [0.2, 0.25) is 0 Å². The molecule has 0 saturated heterocycles. The summed E-state index contributed by atoms with van der Waals surface area (Å²) in [6.45, 7) is 0.493. The summed E-state index contributed by atoms with van der Waals surface area (Å²) in [6.07, 6.45) is 1.44. The van der Waals surface area contributed by atoms with Gasteiger partial charge in [0, 0.05) is 12.1 Å². The van der Waals surface area contributed by atoms with Crippen LogP contribution in [-0.4, -0.2) is 28.2 Å². The molecule has 0 spiro atoms. The van der Waals surface area contributed by atoms with Gasteiger partial charge in [0.05, 0.1) is 12.0 Å². The van der Waals surface area contributed by atoms with Crippen LogP contribution in [0.5, 0.6) is 0 Å². The number of aliphatic hydroxyl groups excluding tert-OH is 1. The van der Waals surface area contributed by atoms with Crippen molar-refractivity contribution in [3.05, 3.63) is 42.7 Å². The first-order valence-electron chi connectivity index (χ1n) is 6.03. The standard InChI is InChI=1S/C14H13N3O2/c18-7-6-15-13-11-8-12(10-4-2-1-3-5-10)19-14(11)17-9-16-13/h1-5,8-9,18H,6-7H2,(H,15,16,17). The highest BCUT2D eigenvalue weighted by Crippen LogP contribution is 2.29. The molecule has 2 N–H and O–H groups in total. The summed E-state index contributed by atoms with van der Waals surface area (Å²) in [5, 5.41) is 12.7. The number of nitrogens with one attached hydrogen (secondary N) is 1. The van der Waals surface area contributed by atoms with Crippen molar-refractivity contribution in [2.75, 3.05) is 18.5 Å². The van der Waals surface area contributed by atoms with Gasteiger partial charge in [-0.05, 0) is 6.07 Å². The molecule has 0 amide bonds. The van der Waals surface area contributed by atoms with Gasteiger partial charge in [0.25, 0.3) is 0 Å². The topological polar surface area (TPSA) is 71.2 Å². The Morgan fingerprint density at radius 1 is 1.16 bits per heavy atom. The first-order valence-corrected chi connectivity index (χ1v) is 6.03. The van der Waals surface area contributed by atoms with E-state index in [1.807, 2.05) is 36.4 Å². The zero-order valence-corrected chi connectivity index (χ0v) is 10.2. The van der Waals surface area contributed by atoms with Gasteiger partial charge in [0.2, 0.25) is 5.71 Å². The zero-order chi connectivity index (χ0) is 13.1. The van der Waals surface area contributed by atoms with Crippen LogP contribution < -0.4 is 5.32 Å². The highest BCUT2D eigenvalue weighted by Gasteiger charge is 2.11. The van der Waals surface area contributed by atoms with Gasteiger partial charge < -0.3 is 14.8 Å². The van der Waals surface area contributed by atoms with Gasteiger partial charge in [-0.3, -0.25) is 0 Å². The fraction of sp³-hybridized carbons (Fsp3) is 0.143. The molecular formula is C14H13N3O2. The molecule has 96 valence electrons. The van der Waals surface area contributed by atoms with Crippen LogP contribution >= 0.6 is 0 Å². The lowest BCUT2D eigenvalue weighted by atomic mass is 10.2. The Balaban J connectivity index is 2.05. The molecule has 0 aliphatic heterocycles. The lowest BCUT2D eigenvalue weighted by Crippen LogP contribution is -2.07. The monoisotopic (exact) mass is 255 g/mol. The molecule has 0 unspecified atom stereocenters. The second-order valence-corrected chi connectivity index (χ2v) is 4.07. The van der Waals surface area contributed by atoms with E-state index in [1.165, 1.54) is 6.33 Å². The van der Waals surface area contributed by atoms with E-state index in [0.717, 1.165) is 16.7 Å². The molecular weight excluding hydrogens is 242 g/mol. The molecule has 3 rings (SSSR count). The fourth-order valence-corrected chi connectivity index (χ4v) is 1.92. The molecule has 5 heteroatoms. The van der Waals surface area contributed by atoms with Gasteiger partial charge in [-0.1, -0.05) is 30.3 Å². The number of benzene rings is 1. The van der Waals surface area contributed by atoms with Crippen LogP contribution in [0.1, 0.15) is 0 Å². The Morgan fingerprint density at radius 2 is 2.00 bits per heavy atom. The molecule has 0 aliphatic carbocycles. The van der Waals surface area contributed by atoms with E-state index in [2.05, 4.69) is 15.3 Å². The molecule has 0 atom stereocenters. The fourth-order valence-electron chi connectivity index (χ4n) is 1.92. The molecule has 5 nitrogen and oxygen atoms in total. The predicted octanol–water partition coefficient (Wildman–Crippen LogP) is 2.29. The van der Waals surface area contributed by atoms with E-state index in [9.17, 15) is 0 Å². The smallest absolute Gasteiger partial charge is 0.231 e. The van der Waals surface area contributed by atoms with Crippen molar-refractivity contribution in [3.63, 3.8) is 0 Å². The summed E-state index contributed by atoms with van der Waals surface area (Å²) in [4.78, 5) is 8.27. The SMILES string of the molecule is OCCNc1ncnc2oc(-c3ccccc3)cc12. The van der Waals surface area contributed by atoms with E-state index in [0.29, 0.717) is 18.1 Å². The number of anilines is 1. The Bertz CT molecular complexity index is 679. The van der Waals surface area contributed by atoms with Crippen molar-refractivity contribution in [3.8, 4) is 11.3 Å². The van der Waals surface area contributed by atoms with E-state index >= 15 is 0 Å². The van der Waals surface area contributed by atoms with Crippen molar-refractivity contribution in [1.29, 1.82) is 0 Å². The van der Waals surface area contributed by atoms with Gasteiger partial charge >= 0.3 is 0 Å². The van der Waals surface area contributed by atoms with E-state index in [1.54, 1.807) is 0 Å². The maximum atomic E-state index is 8.85. The molecule has 3 aromatic rings. The van der Waals surface area contributed by atoms with Gasteiger partial charge in [-0.2, -0.15) is 0 Å². The third kappa shape index (κ3) is 2.28. The molecule has 2 aromatic heterocycles. The average molecular weight is 255 g/mol.